The van der Waals surface area contributed by atoms with Gasteiger partial charge >= 0.3 is 0 Å². The van der Waals surface area contributed by atoms with Crippen LogP contribution in [0.1, 0.15) is 27.0 Å². The van der Waals surface area contributed by atoms with Gasteiger partial charge in [0.2, 0.25) is 10.0 Å². The van der Waals surface area contributed by atoms with Gasteiger partial charge in [0.25, 0.3) is 5.91 Å². The summed E-state index contributed by atoms with van der Waals surface area (Å²) in [6, 6.07) is 8.73. The summed E-state index contributed by atoms with van der Waals surface area (Å²) in [5.74, 6) is -0.348. The van der Waals surface area contributed by atoms with E-state index in [9.17, 15) is 13.2 Å². The summed E-state index contributed by atoms with van der Waals surface area (Å²) in [6.07, 6.45) is 0. The molecule has 0 aromatic heterocycles. The van der Waals surface area contributed by atoms with Crippen molar-refractivity contribution in [2.75, 3.05) is 19.4 Å². The largest absolute Gasteiger partial charge is 0.322 e. The number of hydrogen-bond acceptors (Lipinski definition) is 3. The third-order valence-electron chi connectivity index (χ3n) is 4.09. The lowest BCUT2D eigenvalue weighted by molar-refractivity contribution is 0.102. The van der Waals surface area contributed by atoms with Crippen LogP contribution in [0.5, 0.6) is 0 Å². The van der Waals surface area contributed by atoms with E-state index in [-0.39, 0.29) is 10.8 Å². The molecule has 25 heavy (non-hydrogen) atoms. The molecule has 0 aliphatic rings. The molecule has 0 unspecified atom stereocenters. The van der Waals surface area contributed by atoms with Crippen molar-refractivity contribution in [2.24, 2.45) is 0 Å². The molecule has 5 nitrogen and oxygen atoms in total. The Morgan fingerprint density at radius 2 is 1.68 bits per heavy atom. The first kappa shape index (κ1) is 19.6. The molecule has 0 saturated carbocycles. The molecular weight excluding hydrogens is 404 g/mol. The van der Waals surface area contributed by atoms with Crippen LogP contribution in [-0.4, -0.2) is 32.7 Å². The van der Waals surface area contributed by atoms with E-state index in [0.29, 0.717) is 16.8 Å². The van der Waals surface area contributed by atoms with Gasteiger partial charge in [0.15, 0.2) is 0 Å². The fraction of sp³-hybridized carbons (Fsp3) is 0.278. The van der Waals surface area contributed by atoms with E-state index in [0.717, 1.165) is 19.9 Å². The average Bonchev–Trinajstić information content (AvgIpc) is 2.52. The van der Waals surface area contributed by atoms with E-state index in [2.05, 4.69) is 21.2 Å². The third-order valence-corrected chi connectivity index (χ3v) is 6.52. The van der Waals surface area contributed by atoms with Crippen LogP contribution in [0.15, 0.2) is 39.7 Å². The summed E-state index contributed by atoms with van der Waals surface area (Å²) in [5.41, 5.74) is 3.29. The number of nitrogens with one attached hydrogen (secondary N) is 1. The van der Waals surface area contributed by atoms with E-state index in [1.807, 2.05) is 25.1 Å². The number of rotatable bonds is 4. The minimum absolute atomic E-state index is 0.147. The van der Waals surface area contributed by atoms with E-state index in [1.165, 1.54) is 20.2 Å². The Morgan fingerprint density at radius 1 is 1.04 bits per heavy atom. The van der Waals surface area contributed by atoms with Crippen LogP contribution in [-0.2, 0) is 10.0 Å². The Kier molecular flexibility index (Phi) is 5.71. The summed E-state index contributed by atoms with van der Waals surface area (Å²) in [4.78, 5) is 12.8. The van der Waals surface area contributed by atoms with Gasteiger partial charge in [0.05, 0.1) is 4.90 Å². The summed E-state index contributed by atoms with van der Waals surface area (Å²) in [6.45, 7) is 5.43. The van der Waals surface area contributed by atoms with E-state index >= 15 is 0 Å². The van der Waals surface area contributed by atoms with Crippen molar-refractivity contribution in [2.45, 2.75) is 25.7 Å². The number of halogens is 1. The Bertz CT molecular complexity index is 938. The van der Waals surface area contributed by atoms with Gasteiger partial charge in [-0.1, -0.05) is 22.0 Å². The second-order valence-corrected chi connectivity index (χ2v) is 9.15. The highest BCUT2D eigenvalue weighted by atomic mass is 79.9. The van der Waals surface area contributed by atoms with Crippen LogP contribution in [0.3, 0.4) is 0 Å². The third kappa shape index (κ3) is 4.11. The van der Waals surface area contributed by atoms with Gasteiger partial charge in [0, 0.05) is 29.8 Å². The summed E-state index contributed by atoms with van der Waals surface area (Å²) in [5, 5.41) is 2.84. The van der Waals surface area contributed by atoms with Crippen LogP contribution >= 0.6 is 15.9 Å². The first-order valence-electron chi connectivity index (χ1n) is 7.65. The Balaban J connectivity index is 2.48. The second kappa shape index (κ2) is 7.27. The topological polar surface area (TPSA) is 66.5 Å². The molecule has 0 aliphatic carbocycles. The lowest BCUT2D eigenvalue weighted by Gasteiger charge is -2.17. The maximum atomic E-state index is 12.7. The number of carbonyl (C=O) groups excluding carboxylic acids is 1. The number of benzene rings is 2. The SMILES string of the molecule is Cc1ccc(Br)cc1NC(=O)c1cc(C)c(C)c(S(=O)(=O)N(C)C)c1. The number of amides is 1. The van der Waals surface area contributed by atoms with Gasteiger partial charge in [-0.3, -0.25) is 4.79 Å². The van der Waals surface area contributed by atoms with Gasteiger partial charge in [0.1, 0.15) is 0 Å². The Morgan fingerprint density at radius 3 is 2.28 bits per heavy atom. The van der Waals surface area contributed by atoms with Crippen LogP contribution < -0.4 is 5.32 Å². The van der Waals surface area contributed by atoms with Crippen molar-refractivity contribution in [3.05, 3.63) is 57.1 Å². The van der Waals surface area contributed by atoms with E-state index in [1.54, 1.807) is 19.9 Å². The quantitative estimate of drug-likeness (QED) is 0.809. The lowest BCUT2D eigenvalue weighted by Crippen LogP contribution is -2.24. The zero-order chi connectivity index (χ0) is 18.9. The average molecular weight is 425 g/mol. The summed E-state index contributed by atoms with van der Waals surface area (Å²) < 4.78 is 27.0. The molecule has 1 N–H and O–H groups in total. The highest BCUT2D eigenvalue weighted by Gasteiger charge is 2.23. The number of hydrogen-bond donors (Lipinski definition) is 1. The van der Waals surface area contributed by atoms with Crippen molar-refractivity contribution in [3.63, 3.8) is 0 Å². The lowest BCUT2D eigenvalue weighted by atomic mass is 10.1. The molecule has 0 aliphatic heterocycles. The van der Waals surface area contributed by atoms with Crippen LogP contribution in [0.4, 0.5) is 5.69 Å². The molecule has 2 aromatic carbocycles. The van der Waals surface area contributed by atoms with Gasteiger partial charge in [-0.25, -0.2) is 12.7 Å². The molecule has 1 amide bonds. The Labute approximate surface area is 157 Å². The molecular formula is C18H21BrN2O3S. The van der Waals surface area contributed by atoms with Crippen molar-refractivity contribution < 1.29 is 13.2 Å². The smallest absolute Gasteiger partial charge is 0.255 e. The fourth-order valence-electron chi connectivity index (χ4n) is 2.35. The van der Waals surface area contributed by atoms with E-state index < -0.39 is 10.0 Å². The highest BCUT2D eigenvalue weighted by molar-refractivity contribution is 9.10. The molecule has 0 saturated heterocycles. The van der Waals surface area contributed by atoms with Crippen molar-refractivity contribution in [1.29, 1.82) is 0 Å². The molecule has 0 heterocycles. The number of nitrogens with zero attached hydrogens (tertiary/aromatic N) is 1. The highest BCUT2D eigenvalue weighted by Crippen LogP contribution is 2.25. The van der Waals surface area contributed by atoms with Crippen LogP contribution in [0.25, 0.3) is 0 Å². The predicted molar refractivity (Wildman–Crippen MR) is 104 cm³/mol. The number of anilines is 1. The molecule has 134 valence electrons. The molecule has 0 spiro atoms. The molecule has 7 heteroatoms. The molecule has 2 aromatic rings. The van der Waals surface area contributed by atoms with Gasteiger partial charge in [-0.2, -0.15) is 0 Å². The zero-order valence-corrected chi connectivity index (χ0v) is 17.2. The molecule has 2 rings (SSSR count). The van der Waals surface area contributed by atoms with Crippen LogP contribution in [0, 0.1) is 20.8 Å². The first-order chi connectivity index (χ1) is 11.5. The maximum Gasteiger partial charge on any atom is 0.255 e. The number of sulfonamides is 1. The molecule has 0 bridgehead atoms. The number of carbonyl (C=O) groups is 1. The van der Waals surface area contributed by atoms with Crippen molar-refractivity contribution in [3.8, 4) is 0 Å². The van der Waals surface area contributed by atoms with E-state index in [4.69, 9.17) is 0 Å². The predicted octanol–water partition coefficient (Wildman–Crippen LogP) is 3.88. The first-order valence-corrected chi connectivity index (χ1v) is 9.88. The minimum atomic E-state index is -3.63. The van der Waals surface area contributed by atoms with Gasteiger partial charge in [-0.15, -0.1) is 0 Å². The maximum absolute atomic E-state index is 12.7. The van der Waals surface area contributed by atoms with Crippen molar-refractivity contribution in [1.82, 2.24) is 4.31 Å². The fourth-order valence-corrected chi connectivity index (χ4v) is 3.92. The second-order valence-electron chi connectivity index (χ2n) is 6.12. The Hall–Kier alpha value is -1.70. The summed E-state index contributed by atoms with van der Waals surface area (Å²) >= 11 is 3.38. The summed E-state index contributed by atoms with van der Waals surface area (Å²) in [7, 11) is -0.680. The standard InChI is InChI=1S/C18H21BrN2O3S/c1-11-6-7-15(19)10-16(11)20-18(22)14-8-12(2)13(3)17(9-14)25(23,24)21(4)5/h6-10H,1-5H3,(H,20,22). The van der Waals surface area contributed by atoms with Gasteiger partial charge < -0.3 is 5.32 Å². The van der Waals surface area contributed by atoms with Crippen molar-refractivity contribution >= 4 is 37.5 Å². The molecule has 0 fully saturated rings. The molecule has 0 atom stereocenters. The van der Waals surface area contributed by atoms with Gasteiger partial charge in [-0.05, 0) is 61.7 Å². The number of aryl methyl sites for hydroxylation is 2. The normalized spacial score (nSPS) is 11.6. The van der Waals surface area contributed by atoms with Crippen LogP contribution in [0.2, 0.25) is 0 Å². The molecule has 0 radical (unpaired) electrons. The minimum Gasteiger partial charge on any atom is -0.322 e. The zero-order valence-electron chi connectivity index (χ0n) is 14.8. The monoisotopic (exact) mass is 424 g/mol.